The fourth-order valence-electron chi connectivity index (χ4n) is 2.49. The van der Waals surface area contributed by atoms with Crippen LogP contribution in [-0.2, 0) is 14.3 Å². The Hall–Kier alpha value is -0.490. The Morgan fingerprint density at radius 3 is 3.00 bits per heavy atom. The molecule has 3 unspecified atom stereocenters. The van der Waals surface area contributed by atoms with E-state index in [4.69, 9.17) is 14.6 Å². The van der Waals surface area contributed by atoms with Gasteiger partial charge in [-0.15, -0.1) is 0 Å². The summed E-state index contributed by atoms with van der Waals surface area (Å²) in [6, 6.07) is 0.287. The highest BCUT2D eigenvalue weighted by molar-refractivity contribution is 5.60. The Balaban J connectivity index is 1.97. The Labute approximate surface area is 102 Å². The van der Waals surface area contributed by atoms with Crippen molar-refractivity contribution in [1.82, 2.24) is 4.90 Å². The number of aldehydes is 1. The average molecular weight is 243 g/mol. The molecule has 0 aromatic rings. The number of rotatable bonds is 4. The van der Waals surface area contributed by atoms with Crippen molar-refractivity contribution in [2.45, 2.75) is 25.5 Å². The van der Waals surface area contributed by atoms with E-state index in [-0.39, 0.29) is 24.2 Å². The SMILES string of the molecule is CC1COC(CO)CN1CC1(C=O)CCOC1. The molecule has 0 saturated carbocycles. The van der Waals surface area contributed by atoms with Gasteiger partial charge in [-0.05, 0) is 13.3 Å². The molecule has 1 N–H and O–H groups in total. The van der Waals surface area contributed by atoms with Gasteiger partial charge in [0.2, 0.25) is 0 Å². The third-order valence-corrected chi connectivity index (χ3v) is 3.74. The molecule has 0 bridgehead atoms. The lowest BCUT2D eigenvalue weighted by Gasteiger charge is -2.40. The van der Waals surface area contributed by atoms with Crippen molar-refractivity contribution in [2.24, 2.45) is 5.41 Å². The number of morpholine rings is 1. The molecule has 3 atom stereocenters. The summed E-state index contributed by atoms with van der Waals surface area (Å²) in [4.78, 5) is 13.5. The first-order valence-corrected chi connectivity index (χ1v) is 6.20. The van der Waals surface area contributed by atoms with Crippen LogP contribution in [0.1, 0.15) is 13.3 Å². The van der Waals surface area contributed by atoms with Crippen molar-refractivity contribution in [3.05, 3.63) is 0 Å². The minimum Gasteiger partial charge on any atom is -0.394 e. The fraction of sp³-hybridized carbons (Fsp3) is 0.917. The molecule has 2 heterocycles. The van der Waals surface area contributed by atoms with Crippen molar-refractivity contribution in [1.29, 1.82) is 0 Å². The van der Waals surface area contributed by atoms with Gasteiger partial charge in [-0.25, -0.2) is 0 Å². The first-order valence-electron chi connectivity index (χ1n) is 6.20. The maximum atomic E-state index is 11.3. The lowest BCUT2D eigenvalue weighted by molar-refractivity contribution is -0.122. The van der Waals surface area contributed by atoms with Gasteiger partial charge < -0.3 is 19.4 Å². The number of carbonyl (C=O) groups excluding carboxylic acids is 1. The van der Waals surface area contributed by atoms with Crippen LogP contribution in [0, 0.1) is 5.41 Å². The van der Waals surface area contributed by atoms with E-state index in [1.165, 1.54) is 0 Å². The molecular formula is C12H21NO4. The average Bonchev–Trinajstić information content (AvgIpc) is 2.81. The molecule has 2 aliphatic rings. The number of aliphatic hydroxyl groups is 1. The Morgan fingerprint density at radius 1 is 1.59 bits per heavy atom. The van der Waals surface area contributed by atoms with Gasteiger partial charge in [-0.2, -0.15) is 0 Å². The quantitative estimate of drug-likeness (QED) is 0.685. The number of nitrogens with zero attached hydrogens (tertiary/aromatic N) is 1. The van der Waals surface area contributed by atoms with Gasteiger partial charge in [-0.3, -0.25) is 4.90 Å². The summed E-state index contributed by atoms with van der Waals surface area (Å²) in [5.41, 5.74) is -0.356. The maximum Gasteiger partial charge on any atom is 0.129 e. The monoisotopic (exact) mass is 243 g/mol. The van der Waals surface area contributed by atoms with E-state index in [1.54, 1.807) is 0 Å². The molecule has 0 amide bonds. The lowest BCUT2D eigenvalue weighted by Crippen LogP contribution is -2.53. The Kier molecular flexibility index (Phi) is 4.14. The van der Waals surface area contributed by atoms with Gasteiger partial charge in [0.05, 0.1) is 31.3 Å². The highest BCUT2D eigenvalue weighted by Crippen LogP contribution is 2.29. The zero-order chi connectivity index (χ0) is 12.3. The van der Waals surface area contributed by atoms with E-state index in [0.717, 1.165) is 12.7 Å². The normalized spacial score (nSPS) is 39.4. The van der Waals surface area contributed by atoms with Crippen molar-refractivity contribution < 1.29 is 19.4 Å². The van der Waals surface area contributed by atoms with Gasteiger partial charge in [0.15, 0.2) is 0 Å². The van der Waals surface area contributed by atoms with Crippen LogP contribution < -0.4 is 0 Å². The summed E-state index contributed by atoms with van der Waals surface area (Å²) in [6.07, 6.45) is 1.71. The van der Waals surface area contributed by atoms with Crippen LogP contribution in [0.5, 0.6) is 0 Å². The first kappa shape index (κ1) is 13.0. The third kappa shape index (κ3) is 2.85. The Morgan fingerprint density at radius 2 is 2.41 bits per heavy atom. The molecule has 0 radical (unpaired) electrons. The van der Waals surface area contributed by atoms with Crippen LogP contribution in [0.25, 0.3) is 0 Å². The summed E-state index contributed by atoms with van der Waals surface area (Å²) in [5.74, 6) is 0. The number of carbonyl (C=O) groups is 1. The second-order valence-corrected chi connectivity index (χ2v) is 5.20. The predicted octanol–water partition coefficient (Wildman–Crippen LogP) is -0.326. The van der Waals surface area contributed by atoms with E-state index in [1.807, 2.05) is 0 Å². The lowest BCUT2D eigenvalue weighted by atomic mass is 9.88. The van der Waals surface area contributed by atoms with E-state index < -0.39 is 0 Å². The fourth-order valence-corrected chi connectivity index (χ4v) is 2.49. The predicted molar refractivity (Wildman–Crippen MR) is 61.8 cm³/mol. The molecule has 5 heteroatoms. The first-order chi connectivity index (χ1) is 8.19. The molecule has 0 aromatic carbocycles. The van der Waals surface area contributed by atoms with Crippen LogP contribution in [0.3, 0.4) is 0 Å². The number of hydrogen-bond donors (Lipinski definition) is 1. The van der Waals surface area contributed by atoms with Crippen LogP contribution in [-0.4, -0.2) is 68.0 Å². The highest BCUT2D eigenvalue weighted by Gasteiger charge is 2.39. The Bertz CT molecular complexity index is 265. The summed E-state index contributed by atoms with van der Waals surface area (Å²) in [7, 11) is 0. The van der Waals surface area contributed by atoms with Crippen LogP contribution in [0.4, 0.5) is 0 Å². The minimum atomic E-state index is -0.356. The molecule has 17 heavy (non-hydrogen) atoms. The summed E-state index contributed by atoms with van der Waals surface area (Å²) < 4.78 is 10.8. The summed E-state index contributed by atoms with van der Waals surface area (Å²) >= 11 is 0. The molecule has 0 spiro atoms. The van der Waals surface area contributed by atoms with Crippen LogP contribution in [0.15, 0.2) is 0 Å². The maximum absolute atomic E-state index is 11.3. The largest absolute Gasteiger partial charge is 0.394 e. The summed E-state index contributed by atoms with van der Waals surface area (Å²) in [6.45, 7) is 5.31. The molecule has 0 aliphatic carbocycles. The number of aliphatic hydroxyl groups excluding tert-OH is 1. The van der Waals surface area contributed by atoms with E-state index in [0.29, 0.717) is 32.9 Å². The summed E-state index contributed by atoms with van der Waals surface area (Å²) in [5, 5.41) is 9.13. The standard InChI is InChI=1S/C12H21NO4/c1-10-6-17-11(5-14)4-13(10)7-12(8-15)2-3-16-9-12/h8,10-11,14H,2-7,9H2,1H3. The molecule has 2 rings (SSSR count). The number of hydrogen-bond acceptors (Lipinski definition) is 5. The molecule has 0 aromatic heterocycles. The minimum absolute atomic E-state index is 0.0355. The molecule has 2 aliphatic heterocycles. The third-order valence-electron chi connectivity index (χ3n) is 3.74. The highest BCUT2D eigenvalue weighted by atomic mass is 16.5. The van der Waals surface area contributed by atoms with Crippen molar-refractivity contribution in [2.75, 3.05) is 39.5 Å². The molecular weight excluding hydrogens is 222 g/mol. The van der Waals surface area contributed by atoms with Gasteiger partial charge in [0.1, 0.15) is 6.29 Å². The van der Waals surface area contributed by atoms with Crippen molar-refractivity contribution in [3.8, 4) is 0 Å². The second kappa shape index (κ2) is 5.44. The molecule has 2 fully saturated rings. The zero-order valence-electron chi connectivity index (χ0n) is 10.3. The van der Waals surface area contributed by atoms with Gasteiger partial charge in [-0.1, -0.05) is 0 Å². The van der Waals surface area contributed by atoms with Crippen LogP contribution >= 0.6 is 0 Å². The molecule has 5 nitrogen and oxygen atoms in total. The topological polar surface area (TPSA) is 59.0 Å². The van der Waals surface area contributed by atoms with Gasteiger partial charge in [0, 0.05) is 25.7 Å². The van der Waals surface area contributed by atoms with E-state index >= 15 is 0 Å². The van der Waals surface area contributed by atoms with Crippen molar-refractivity contribution in [3.63, 3.8) is 0 Å². The van der Waals surface area contributed by atoms with E-state index in [2.05, 4.69) is 11.8 Å². The second-order valence-electron chi connectivity index (χ2n) is 5.20. The smallest absolute Gasteiger partial charge is 0.129 e. The van der Waals surface area contributed by atoms with Crippen molar-refractivity contribution >= 4 is 6.29 Å². The van der Waals surface area contributed by atoms with Crippen LogP contribution in [0.2, 0.25) is 0 Å². The molecule has 2 saturated heterocycles. The van der Waals surface area contributed by atoms with Gasteiger partial charge >= 0.3 is 0 Å². The number of ether oxygens (including phenoxy) is 2. The van der Waals surface area contributed by atoms with Gasteiger partial charge in [0.25, 0.3) is 0 Å². The van der Waals surface area contributed by atoms with E-state index in [9.17, 15) is 4.79 Å². The zero-order valence-corrected chi connectivity index (χ0v) is 10.3. The molecule has 98 valence electrons.